The lowest BCUT2D eigenvalue weighted by atomic mass is 10.2. The van der Waals surface area contributed by atoms with Crippen molar-refractivity contribution in [1.29, 1.82) is 5.26 Å². The van der Waals surface area contributed by atoms with Crippen molar-refractivity contribution in [1.82, 2.24) is 4.40 Å². The van der Waals surface area contributed by atoms with Gasteiger partial charge in [0.25, 0.3) is 0 Å². The Labute approximate surface area is 119 Å². The lowest BCUT2D eigenvalue weighted by Crippen LogP contribution is -2.03. The lowest BCUT2D eigenvalue weighted by molar-refractivity contribution is 0.0478. The number of esters is 1. The Kier molecular flexibility index (Phi) is 3.23. The predicted molar refractivity (Wildman–Crippen MR) is 75.6 cm³/mol. The Morgan fingerprint density at radius 2 is 2.25 bits per heavy atom. The Hall–Kier alpha value is -2.58. The number of nitrogens with zero attached hydrogens (tertiary/aromatic N) is 2. The normalized spacial score (nSPS) is 10.3. The summed E-state index contributed by atoms with van der Waals surface area (Å²) in [6.45, 7) is 0.0985. The first-order valence-electron chi connectivity index (χ1n) is 5.99. The van der Waals surface area contributed by atoms with E-state index in [1.807, 2.05) is 40.4 Å². The molecule has 20 heavy (non-hydrogen) atoms. The molecule has 0 radical (unpaired) electrons. The zero-order valence-corrected chi connectivity index (χ0v) is 11.3. The summed E-state index contributed by atoms with van der Waals surface area (Å²) in [6.07, 6.45) is 3.68. The van der Waals surface area contributed by atoms with E-state index in [9.17, 15) is 10.1 Å². The Morgan fingerprint density at radius 1 is 1.35 bits per heavy atom. The monoisotopic (exact) mass is 282 g/mol. The van der Waals surface area contributed by atoms with Gasteiger partial charge >= 0.3 is 5.97 Å². The van der Waals surface area contributed by atoms with E-state index in [0.29, 0.717) is 16.0 Å². The predicted octanol–water partition coefficient (Wildman–Crippen LogP) is 3.23. The maximum Gasteiger partial charge on any atom is 0.348 e. The van der Waals surface area contributed by atoms with Gasteiger partial charge in [-0.3, -0.25) is 0 Å². The molecule has 0 bridgehead atoms. The number of fused-ring (bicyclic) bond motifs is 1. The Morgan fingerprint density at radius 3 is 3.00 bits per heavy atom. The van der Waals surface area contributed by atoms with Crippen molar-refractivity contribution < 1.29 is 9.53 Å². The van der Waals surface area contributed by atoms with Crippen LogP contribution in [0.4, 0.5) is 0 Å². The van der Waals surface area contributed by atoms with Crippen LogP contribution in [0.1, 0.15) is 20.8 Å². The third kappa shape index (κ3) is 2.17. The van der Waals surface area contributed by atoms with E-state index >= 15 is 0 Å². The fourth-order valence-electron chi connectivity index (χ4n) is 2.03. The molecule has 3 aromatic rings. The molecule has 0 N–H and O–H groups in total. The minimum atomic E-state index is -0.362. The number of nitriles is 1. The van der Waals surface area contributed by atoms with Crippen molar-refractivity contribution in [2.24, 2.45) is 0 Å². The molecule has 0 aromatic carbocycles. The molecular weight excluding hydrogens is 272 g/mol. The molecule has 0 atom stereocenters. The Bertz CT molecular complexity index is 797. The summed E-state index contributed by atoms with van der Waals surface area (Å²) >= 11 is 1.34. The molecule has 0 saturated heterocycles. The summed E-state index contributed by atoms with van der Waals surface area (Å²) in [5.74, 6) is -0.362. The molecule has 0 spiro atoms. The number of hydrogen-bond donors (Lipinski definition) is 0. The van der Waals surface area contributed by atoms with E-state index in [2.05, 4.69) is 6.07 Å². The quantitative estimate of drug-likeness (QED) is 0.693. The zero-order valence-electron chi connectivity index (χ0n) is 10.4. The van der Waals surface area contributed by atoms with Gasteiger partial charge in [0.2, 0.25) is 0 Å². The van der Waals surface area contributed by atoms with Gasteiger partial charge in [-0.2, -0.15) is 5.26 Å². The van der Waals surface area contributed by atoms with E-state index in [4.69, 9.17) is 4.74 Å². The number of pyridine rings is 1. The summed E-state index contributed by atoms with van der Waals surface area (Å²) in [4.78, 5) is 12.4. The number of carbonyl (C=O) groups is 1. The van der Waals surface area contributed by atoms with Gasteiger partial charge in [0.05, 0.1) is 11.1 Å². The Balaban J connectivity index is 1.85. The first-order valence-corrected chi connectivity index (χ1v) is 6.87. The molecule has 0 unspecified atom stereocenters. The SMILES string of the molecule is N#Cc1c(COC(=O)c2cccs2)cn2ccccc12. The molecular formula is C15H10N2O2S. The summed E-state index contributed by atoms with van der Waals surface area (Å²) in [7, 11) is 0. The summed E-state index contributed by atoms with van der Waals surface area (Å²) in [6, 6.07) is 11.3. The van der Waals surface area contributed by atoms with Crippen molar-refractivity contribution in [3.63, 3.8) is 0 Å². The fourth-order valence-corrected chi connectivity index (χ4v) is 2.64. The first-order chi connectivity index (χ1) is 9.79. The maximum atomic E-state index is 11.8. The van der Waals surface area contributed by atoms with Gasteiger partial charge < -0.3 is 9.14 Å². The zero-order chi connectivity index (χ0) is 13.9. The number of rotatable bonds is 3. The average molecular weight is 282 g/mol. The molecule has 0 amide bonds. The average Bonchev–Trinajstić information content (AvgIpc) is 3.11. The second-order valence-corrected chi connectivity index (χ2v) is 5.14. The van der Waals surface area contributed by atoms with Crippen LogP contribution in [0, 0.1) is 11.3 Å². The van der Waals surface area contributed by atoms with Crippen molar-refractivity contribution in [3.05, 3.63) is 64.1 Å². The van der Waals surface area contributed by atoms with Crippen LogP contribution in [-0.4, -0.2) is 10.4 Å². The van der Waals surface area contributed by atoms with Crippen LogP contribution >= 0.6 is 11.3 Å². The van der Waals surface area contributed by atoms with Crippen LogP contribution in [0.25, 0.3) is 5.52 Å². The van der Waals surface area contributed by atoms with Crippen molar-refractivity contribution >= 4 is 22.8 Å². The fraction of sp³-hybridized carbons (Fsp3) is 0.0667. The molecule has 3 heterocycles. The molecule has 3 aromatic heterocycles. The van der Waals surface area contributed by atoms with E-state index in [0.717, 1.165) is 5.52 Å². The van der Waals surface area contributed by atoms with Crippen LogP contribution in [-0.2, 0) is 11.3 Å². The van der Waals surface area contributed by atoms with Crippen LogP contribution in [0.15, 0.2) is 48.1 Å². The minimum absolute atomic E-state index is 0.0985. The smallest absolute Gasteiger partial charge is 0.348 e. The standard InChI is InChI=1S/C15H10N2O2S/c16-8-12-11(9-17-6-2-1-4-13(12)17)10-19-15(18)14-5-3-7-20-14/h1-7,9H,10H2. The molecule has 0 aliphatic heterocycles. The van der Waals surface area contributed by atoms with Crippen molar-refractivity contribution in [3.8, 4) is 6.07 Å². The molecule has 0 saturated carbocycles. The van der Waals surface area contributed by atoms with Crippen molar-refractivity contribution in [2.75, 3.05) is 0 Å². The number of aromatic nitrogens is 1. The van der Waals surface area contributed by atoms with Crippen LogP contribution < -0.4 is 0 Å². The topological polar surface area (TPSA) is 54.5 Å². The molecule has 98 valence electrons. The highest BCUT2D eigenvalue weighted by Crippen LogP contribution is 2.19. The second kappa shape index (κ2) is 5.19. The molecule has 0 aliphatic rings. The van der Waals surface area contributed by atoms with Gasteiger partial charge in [-0.05, 0) is 23.6 Å². The summed E-state index contributed by atoms with van der Waals surface area (Å²) < 4.78 is 7.11. The van der Waals surface area contributed by atoms with Crippen LogP contribution in [0.3, 0.4) is 0 Å². The van der Waals surface area contributed by atoms with E-state index in [1.165, 1.54) is 11.3 Å². The molecule has 0 fully saturated rings. The molecule has 4 nitrogen and oxygen atoms in total. The largest absolute Gasteiger partial charge is 0.457 e. The van der Waals surface area contributed by atoms with Gasteiger partial charge in [-0.25, -0.2) is 4.79 Å². The number of ether oxygens (including phenoxy) is 1. The highest BCUT2D eigenvalue weighted by molar-refractivity contribution is 7.11. The number of thiophene rings is 1. The number of carbonyl (C=O) groups excluding carboxylic acids is 1. The molecule has 0 aliphatic carbocycles. The maximum absolute atomic E-state index is 11.8. The van der Waals surface area contributed by atoms with Gasteiger partial charge in [-0.1, -0.05) is 12.1 Å². The second-order valence-electron chi connectivity index (χ2n) is 4.19. The minimum Gasteiger partial charge on any atom is -0.457 e. The number of hydrogen-bond acceptors (Lipinski definition) is 4. The van der Waals surface area contributed by atoms with E-state index in [-0.39, 0.29) is 12.6 Å². The lowest BCUT2D eigenvalue weighted by Gasteiger charge is -2.01. The van der Waals surface area contributed by atoms with Gasteiger partial charge in [0.1, 0.15) is 17.6 Å². The molecule has 5 heteroatoms. The summed E-state index contributed by atoms with van der Waals surface area (Å²) in [5.41, 5.74) is 2.07. The summed E-state index contributed by atoms with van der Waals surface area (Å²) in [5, 5.41) is 11.1. The van der Waals surface area contributed by atoms with Crippen molar-refractivity contribution in [2.45, 2.75) is 6.61 Å². The van der Waals surface area contributed by atoms with Gasteiger partial charge in [0, 0.05) is 18.0 Å². The van der Waals surface area contributed by atoms with Crippen LogP contribution in [0.5, 0.6) is 0 Å². The third-order valence-corrected chi connectivity index (χ3v) is 3.81. The third-order valence-electron chi connectivity index (χ3n) is 2.96. The first kappa shape index (κ1) is 12.5. The van der Waals surface area contributed by atoms with E-state index < -0.39 is 0 Å². The highest BCUT2D eigenvalue weighted by atomic mass is 32.1. The van der Waals surface area contributed by atoms with Gasteiger partial charge in [-0.15, -0.1) is 11.3 Å². The van der Waals surface area contributed by atoms with Gasteiger partial charge in [0.15, 0.2) is 0 Å². The van der Waals surface area contributed by atoms with Crippen LogP contribution in [0.2, 0.25) is 0 Å². The molecule has 3 rings (SSSR count). The van der Waals surface area contributed by atoms with E-state index in [1.54, 1.807) is 12.1 Å². The highest BCUT2D eigenvalue weighted by Gasteiger charge is 2.13.